The largest absolute Gasteiger partial charge is 0.508 e. The van der Waals surface area contributed by atoms with Gasteiger partial charge in [-0.05, 0) is 35.2 Å². The third kappa shape index (κ3) is 3.27. The first kappa shape index (κ1) is 15.2. The summed E-state index contributed by atoms with van der Waals surface area (Å²) < 4.78 is 0. The lowest BCUT2D eigenvalue weighted by Crippen LogP contribution is -2.16. The van der Waals surface area contributed by atoms with Gasteiger partial charge in [0.25, 0.3) is 0 Å². The van der Waals surface area contributed by atoms with Gasteiger partial charge in [0, 0.05) is 29.6 Å². The summed E-state index contributed by atoms with van der Waals surface area (Å²) in [7, 11) is 0. The van der Waals surface area contributed by atoms with Crippen LogP contribution >= 0.6 is 11.3 Å². The number of hydrogen-bond donors (Lipinski definition) is 3. The van der Waals surface area contributed by atoms with Crippen molar-refractivity contribution < 1.29 is 5.11 Å². The molecular weight excluding hydrogens is 318 g/mol. The van der Waals surface area contributed by atoms with Gasteiger partial charge < -0.3 is 16.2 Å². The maximum absolute atomic E-state index is 9.60. The van der Waals surface area contributed by atoms with Crippen molar-refractivity contribution >= 4 is 16.5 Å². The van der Waals surface area contributed by atoms with E-state index in [0.29, 0.717) is 22.8 Å². The van der Waals surface area contributed by atoms with Crippen molar-refractivity contribution in [2.45, 2.75) is 24.9 Å². The quantitative estimate of drug-likeness (QED) is 0.663. The average Bonchev–Trinajstić information content (AvgIpc) is 3.26. The molecule has 2 aromatic carbocycles. The Bertz CT molecular complexity index is 844. The summed E-state index contributed by atoms with van der Waals surface area (Å²) in [6.07, 6.45) is 3.01. The average molecular weight is 337 g/mol. The van der Waals surface area contributed by atoms with Gasteiger partial charge in [0.2, 0.25) is 0 Å². The fourth-order valence-corrected chi connectivity index (χ4v) is 3.67. The zero-order valence-electron chi connectivity index (χ0n) is 13.1. The fourth-order valence-electron chi connectivity index (χ4n) is 3.03. The molecule has 0 radical (unpaired) electrons. The Kier molecular flexibility index (Phi) is 3.96. The lowest BCUT2D eigenvalue weighted by atomic mass is 10.0. The van der Waals surface area contributed by atoms with Crippen LogP contribution in [0.2, 0.25) is 0 Å². The molecule has 0 bridgehead atoms. The summed E-state index contributed by atoms with van der Waals surface area (Å²) in [5, 5.41) is 13.8. The van der Waals surface area contributed by atoms with E-state index in [0.717, 1.165) is 17.7 Å². The van der Waals surface area contributed by atoms with Crippen molar-refractivity contribution in [2.24, 2.45) is 0 Å². The van der Waals surface area contributed by atoms with E-state index in [4.69, 9.17) is 5.73 Å². The van der Waals surface area contributed by atoms with Crippen molar-refractivity contribution in [1.82, 2.24) is 10.3 Å². The van der Waals surface area contributed by atoms with Gasteiger partial charge in [0.15, 0.2) is 5.13 Å². The number of hydrogen-bond acceptors (Lipinski definition) is 5. The summed E-state index contributed by atoms with van der Waals surface area (Å²) in [5.74, 6) is 0.875. The monoisotopic (exact) mass is 337 g/mol. The SMILES string of the molecule is Nc1ncc(CN[C@@H]2C[C@H]2c2ccc(-c3cccc(O)c3)cc2)s1. The number of rotatable bonds is 5. The Morgan fingerprint density at radius 1 is 1.17 bits per heavy atom. The van der Waals surface area contributed by atoms with E-state index in [1.807, 2.05) is 18.3 Å². The van der Waals surface area contributed by atoms with Gasteiger partial charge in [-0.15, -0.1) is 11.3 Å². The highest BCUT2D eigenvalue weighted by Gasteiger charge is 2.37. The lowest BCUT2D eigenvalue weighted by molar-refractivity contribution is 0.475. The minimum Gasteiger partial charge on any atom is -0.508 e. The first-order valence-electron chi connectivity index (χ1n) is 8.02. The Hall–Kier alpha value is -2.37. The molecule has 2 atom stereocenters. The second-order valence-corrected chi connectivity index (χ2v) is 7.31. The minimum absolute atomic E-state index is 0.298. The molecular formula is C19H19N3OS. The molecule has 1 heterocycles. The van der Waals surface area contributed by atoms with Gasteiger partial charge in [-0.2, -0.15) is 0 Å². The van der Waals surface area contributed by atoms with Crippen LogP contribution in [0.25, 0.3) is 11.1 Å². The number of nitrogens with one attached hydrogen (secondary N) is 1. The smallest absolute Gasteiger partial charge is 0.180 e. The van der Waals surface area contributed by atoms with Crippen LogP contribution in [0.4, 0.5) is 5.13 Å². The van der Waals surface area contributed by atoms with Crippen LogP contribution in [-0.4, -0.2) is 16.1 Å². The molecule has 1 fully saturated rings. The number of phenolic OH excluding ortho intramolecular Hbond substituents is 1. The van der Waals surface area contributed by atoms with Crippen LogP contribution in [0.1, 0.15) is 22.8 Å². The first-order chi connectivity index (χ1) is 11.7. The van der Waals surface area contributed by atoms with Crippen molar-refractivity contribution in [3.63, 3.8) is 0 Å². The van der Waals surface area contributed by atoms with Crippen LogP contribution < -0.4 is 11.1 Å². The Morgan fingerprint density at radius 3 is 2.71 bits per heavy atom. The van der Waals surface area contributed by atoms with Crippen molar-refractivity contribution in [3.05, 3.63) is 65.2 Å². The Labute approximate surface area is 145 Å². The number of benzene rings is 2. The van der Waals surface area contributed by atoms with Crippen molar-refractivity contribution in [2.75, 3.05) is 5.73 Å². The van der Waals surface area contributed by atoms with Crippen LogP contribution in [0.3, 0.4) is 0 Å². The molecule has 0 amide bonds. The fraction of sp³-hybridized carbons (Fsp3) is 0.211. The number of nitrogen functional groups attached to an aromatic ring is 1. The van der Waals surface area contributed by atoms with Crippen LogP contribution in [0.5, 0.6) is 5.75 Å². The molecule has 0 spiro atoms. The van der Waals surface area contributed by atoms with Gasteiger partial charge >= 0.3 is 0 Å². The minimum atomic E-state index is 0.298. The molecule has 4 nitrogen and oxygen atoms in total. The molecule has 0 unspecified atom stereocenters. The van der Waals surface area contributed by atoms with E-state index in [-0.39, 0.29) is 0 Å². The van der Waals surface area contributed by atoms with Gasteiger partial charge in [-0.3, -0.25) is 0 Å². The first-order valence-corrected chi connectivity index (χ1v) is 8.83. The topological polar surface area (TPSA) is 71.2 Å². The number of nitrogens with two attached hydrogens (primary N) is 1. The molecule has 0 aliphatic heterocycles. The molecule has 1 aliphatic rings. The number of nitrogens with zero attached hydrogens (tertiary/aromatic N) is 1. The highest BCUT2D eigenvalue weighted by Crippen LogP contribution is 2.41. The van der Waals surface area contributed by atoms with Crippen LogP contribution in [-0.2, 0) is 6.54 Å². The van der Waals surface area contributed by atoms with E-state index in [1.165, 1.54) is 28.2 Å². The van der Waals surface area contributed by atoms with E-state index in [9.17, 15) is 5.11 Å². The summed E-state index contributed by atoms with van der Waals surface area (Å²) in [6, 6.07) is 16.5. The third-order valence-electron chi connectivity index (χ3n) is 4.42. The summed E-state index contributed by atoms with van der Waals surface area (Å²) in [4.78, 5) is 5.25. The number of aromatic hydroxyl groups is 1. The van der Waals surface area contributed by atoms with Gasteiger partial charge in [-0.1, -0.05) is 36.4 Å². The van der Waals surface area contributed by atoms with E-state index in [2.05, 4.69) is 34.6 Å². The Balaban J connectivity index is 1.38. The van der Waals surface area contributed by atoms with Gasteiger partial charge in [-0.25, -0.2) is 4.98 Å². The van der Waals surface area contributed by atoms with Crippen molar-refractivity contribution in [3.8, 4) is 16.9 Å². The normalized spacial score (nSPS) is 19.3. The Morgan fingerprint density at radius 2 is 2.00 bits per heavy atom. The predicted molar refractivity (Wildman–Crippen MR) is 98.1 cm³/mol. The molecule has 5 heteroatoms. The van der Waals surface area contributed by atoms with E-state index in [1.54, 1.807) is 12.1 Å². The molecule has 4 rings (SSSR count). The zero-order valence-corrected chi connectivity index (χ0v) is 14.0. The summed E-state index contributed by atoms with van der Waals surface area (Å²) in [6.45, 7) is 0.831. The third-order valence-corrected chi connectivity index (χ3v) is 5.25. The summed E-state index contributed by atoms with van der Waals surface area (Å²) in [5.41, 5.74) is 9.18. The molecule has 1 aromatic heterocycles. The molecule has 1 saturated carbocycles. The van der Waals surface area contributed by atoms with Crippen LogP contribution in [0, 0.1) is 0 Å². The standard InChI is InChI=1S/C19H19N3OS/c20-19-22-11-16(24-19)10-21-18-9-17(18)13-6-4-12(5-7-13)14-2-1-3-15(23)8-14/h1-8,11,17-18,21,23H,9-10H2,(H2,20,22)/t17-,18+/m0/s1. The number of phenols is 1. The molecule has 3 aromatic rings. The molecule has 122 valence electrons. The number of aromatic nitrogens is 1. The molecule has 1 aliphatic carbocycles. The number of anilines is 1. The number of thiazole rings is 1. The lowest BCUT2D eigenvalue weighted by Gasteiger charge is -2.06. The maximum Gasteiger partial charge on any atom is 0.180 e. The van der Waals surface area contributed by atoms with E-state index >= 15 is 0 Å². The molecule has 0 saturated heterocycles. The summed E-state index contributed by atoms with van der Waals surface area (Å²) >= 11 is 1.54. The van der Waals surface area contributed by atoms with Crippen LogP contribution in [0.15, 0.2) is 54.7 Å². The van der Waals surface area contributed by atoms with Gasteiger partial charge in [0.1, 0.15) is 5.75 Å². The highest BCUT2D eigenvalue weighted by molar-refractivity contribution is 7.15. The maximum atomic E-state index is 9.60. The van der Waals surface area contributed by atoms with Crippen molar-refractivity contribution in [1.29, 1.82) is 0 Å². The van der Waals surface area contributed by atoms with Gasteiger partial charge in [0.05, 0.1) is 0 Å². The predicted octanol–water partition coefficient (Wildman–Crippen LogP) is 3.74. The highest BCUT2D eigenvalue weighted by atomic mass is 32.1. The molecule has 24 heavy (non-hydrogen) atoms. The second kappa shape index (κ2) is 6.26. The van der Waals surface area contributed by atoms with E-state index < -0.39 is 0 Å². The zero-order chi connectivity index (χ0) is 16.5. The second-order valence-electron chi connectivity index (χ2n) is 6.17. The molecule has 4 N–H and O–H groups in total.